The van der Waals surface area contributed by atoms with Crippen molar-refractivity contribution in [2.45, 2.75) is 32.2 Å². The number of para-hydroxylation sites is 2. The molecule has 1 aliphatic rings. The van der Waals surface area contributed by atoms with Crippen molar-refractivity contribution in [1.82, 2.24) is 24.8 Å². The van der Waals surface area contributed by atoms with Gasteiger partial charge < -0.3 is 9.97 Å². The van der Waals surface area contributed by atoms with Gasteiger partial charge in [0.05, 0.1) is 23.3 Å². The standard InChI is InChI=1S/C18H21N5O/c1-12-19-16(10-18(24)20-12)13-6-8-23(9-7-13)11-17-21-14-4-2-3-5-15(14)22-17/h2-5,10,13H,6-9,11H2,1H3,(H,21,22)(H,19,20,24). The van der Waals surface area contributed by atoms with Crippen molar-refractivity contribution in [3.63, 3.8) is 0 Å². The van der Waals surface area contributed by atoms with E-state index in [0.29, 0.717) is 11.7 Å². The largest absolute Gasteiger partial charge is 0.341 e. The first-order valence-corrected chi connectivity index (χ1v) is 8.41. The molecular formula is C18H21N5O. The summed E-state index contributed by atoms with van der Waals surface area (Å²) in [5, 5.41) is 0. The minimum atomic E-state index is -0.0535. The molecule has 1 aliphatic heterocycles. The first-order chi connectivity index (χ1) is 11.7. The highest BCUT2D eigenvalue weighted by atomic mass is 16.1. The Kier molecular flexibility index (Phi) is 3.90. The van der Waals surface area contributed by atoms with Gasteiger partial charge >= 0.3 is 0 Å². The first kappa shape index (κ1) is 15.1. The van der Waals surface area contributed by atoms with Crippen LogP contribution >= 0.6 is 0 Å². The zero-order valence-electron chi connectivity index (χ0n) is 13.7. The van der Waals surface area contributed by atoms with Gasteiger partial charge in [-0.1, -0.05) is 12.1 Å². The number of hydrogen-bond donors (Lipinski definition) is 2. The second-order valence-electron chi connectivity index (χ2n) is 6.51. The molecule has 124 valence electrons. The van der Waals surface area contributed by atoms with Crippen molar-refractivity contribution >= 4 is 11.0 Å². The van der Waals surface area contributed by atoms with E-state index in [1.165, 1.54) is 0 Å². The van der Waals surface area contributed by atoms with E-state index >= 15 is 0 Å². The molecule has 0 saturated carbocycles. The zero-order valence-corrected chi connectivity index (χ0v) is 13.7. The Morgan fingerprint density at radius 2 is 1.96 bits per heavy atom. The van der Waals surface area contributed by atoms with E-state index in [0.717, 1.165) is 55.0 Å². The molecule has 0 unspecified atom stereocenters. The minimum absolute atomic E-state index is 0.0535. The van der Waals surface area contributed by atoms with E-state index in [1.54, 1.807) is 6.07 Å². The van der Waals surface area contributed by atoms with E-state index < -0.39 is 0 Å². The van der Waals surface area contributed by atoms with Gasteiger partial charge in [0.25, 0.3) is 5.56 Å². The third-order valence-corrected chi connectivity index (χ3v) is 4.70. The van der Waals surface area contributed by atoms with Crippen molar-refractivity contribution in [3.8, 4) is 0 Å². The summed E-state index contributed by atoms with van der Waals surface area (Å²) in [7, 11) is 0. The Bertz CT molecular complexity index is 872. The van der Waals surface area contributed by atoms with E-state index in [4.69, 9.17) is 0 Å². The van der Waals surface area contributed by atoms with Gasteiger partial charge in [0, 0.05) is 12.0 Å². The van der Waals surface area contributed by atoms with Crippen molar-refractivity contribution in [2.75, 3.05) is 13.1 Å². The van der Waals surface area contributed by atoms with E-state index in [-0.39, 0.29) is 5.56 Å². The first-order valence-electron chi connectivity index (χ1n) is 8.41. The number of rotatable bonds is 3. The third-order valence-electron chi connectivity index (χ3n) is 4.70. The van der Waals surface area contributed by atoms with Gasteiger partial charge in [-0.05, 0) is 45.0 Å². The number of aromatic amines is 2. The van der Waals surface area contributed by atoms with Crippen molar-refractivity contribution in [1.29, 1.82) is 0 Å². The molecule has 24 heavy (non-hydrogen) atoms. The van der Waals surface area contributed by atoms with Crippen LogP contribution in [0.25, 0.3) is 11.0 Å². The molecule has 3 aromatic rings. The lowest BCUT2D eigenvalue weighted by molar-refractivity contribution is 0.199. The summed E-state index contributed by atoms with van der Waals surface area (Å²) in [6.07, 6.45) is 2.05. The Labute approximate surface area is 140 Å². The predicted molar refractivity (Wildman–Crippen MR) is 92.9 cm³/mol. The Morgan fingerprint density at radius 1 is 1.17 bits per heavy atom. The molecule has 0 radical (unpaired) electrons. The molecule has 2 N–H and O–H groups in total. The molecule has 1 saturated heterocycles. The molecule has 0 aliphatic carbocycles. The van der Waals surface area contributed by atoms with Crippen LogP contribution in [0, 0.1) is 6.92 Å². The molecule has 4 rings (SSSR count). The number of likely N-dealkylation sites (tertiary alicyclic amines) is 1. The third kappa shape index (κ3) is 3.10. The summed E-state index contributed by atoms with van der Waals surface area (Å²) in [4.78, 5) is 29.3. The maximum atomic E-state index is 11.6. The second-order valence-corrected chi connectivity index (χ2v) is 6.51. The molecule has 0 amide bonds. The van der Waals surface area contributed by atoms with Crippen LogP contribution in [0.3, 0.4) is 0 Å². The van der Waals surface area contributed by atoms with Crippen LogP contribution in [0.2, 0.25) is 0 Å². The van der Waals surface area contributed by atoms with Gasteiger partial charge in [-0.25, -0.2) is 9.97 Å². The van der Waals surface area contributed by atoms with E-state index in [9.17, 15) is 4.79 Å². The summed E-state index contributed by atoms with van der Waals surface area (Å²) in [5.74, 6) is 2.08. The molecule has 3 heterocycles. The number of imidazole rings is 1. The number of piperidine rings is 1. The lowest BCUT2D eigenvalue weighted by Crippen LogP contribution is -2.33. The van der Waals surface area contributed by atoms with Gasteiger partial charge in [0.2, 0.25) is 0 Å². The van der Waals surface area contributed by atoms with Crippen LogP contribution in [0.4, 0.5) is 0 Å². The highest BCUT2D eigenvalue weighted by molar-refractivity contribution is 5.74. The van der Waals surface area contributed by atoms with Crippen molar-refractivity contribution in [2.24, 2.45) is 0 Å². The van der Waals surface area contributed by atoms with Crippen LogP contribution < -0.4 is 5.56 Å². The minimum Gasteiger partial charge on any atom is -0.341 e. The average Bonchev–Trinajstić information content (AvgIpc) is 2.97. The lowest BCUT2D eigenvalue weighted by Gasteiger charge is -2.31. The molecular weight excluding hydrogens is 302 g/mol. The highest BCUT2D eigenvalue weighted by Gasteiger charge is 2.22. The zero-order chi connectivity index (χ0) is 16.5. The summed E-state index contributed by atoms with van der Waals surface area (Å²) >= 11 is 0. The van der Waals surface area contributed by atoms with Crippen LogP contribution in [-0.4, -0.2) is 37.9 Å². The Morgan fingerprint density at radius 3 is 2.71 bits per heavy atom. The van der Waals surface area contributed by atoms with E-state index in [1.807, 2.05) is 25.1 Å². The number of aromatic nitrogens is 4. The van der Waals surface area contributed by atoms with E-state index in [2.05, 4.69) is 30.9 Å². The Balaban J connectivity index is 1.41. The highest BCUT2D eigenvalue weighted by Crippen LogP contribution is 2.26. The van der Waals surface area contributed by atoms with Gasteiger partial charge in [-0.15, -0.1) is 0 Å². The molecule has 2 aromatic heterocycles. The molecule has 1 fully saturated rings. The molecule has 1 aromatic carbocycles. The number of benzene rings is 1. The van der Waals surface area contributed by atoms with Crippen molar-refractivity contribution in [3.05, 3.63) is 58.0 Å². The topological polar surface area (TPSA) is 77.7 Å². The number of fused-ring (bicyclic) bond motifs is 1. The van der Waals surface area contributed by atoms with Gasteiger partial charge in [-0.2, -0.15) is 0 Å². The van der Waals surface area contributed by atoms with Gasteiger partial charge in [0.1, 0.15) is 11.6 Å². The smallest absolute Gasteiger partial charge is 0.251 e. The van der Waals surface area contributed by atoms with Crippen LogP contribution in [-0.2, 0) is 6.54 Å². The van der Waals surface area contributed by atoms with Gasteiger partial charge in [0.15, 0.2) is 0 Å². The average molecular weight is 323 g/mol. The lowest BCUT2D eigenvalue weighted by atomic mass is 9.93. The van der Waals surface area contributed by atoms with Crippen LogP contribution in [0.1, 0.15) is 36.1 Å². The molecule has 0 spiro atoms. The number of nitrogens with one attached hydrogen (secondary N) is 2. The molecule has 6 heteroatoms. The summed E-state index contributed by atoms with van der Waals surface area (Å²) < 4.78 is 0. The maximum absolute atomic E-state index is 11.6. The van der Waals surface area contributed by atoms with Crippen LogP contribution in [0.5, 0.6) is 0 Å². The number of H-pyrrole nitrogens is 2. The molecule has 0 atom stereocenters. The molecule has 0 bridgehead atoms. The maximum Gasteiger partial charge on any atom is 0.251 e. The monoisotopic (exact) mass is 323 g/mol. The van der Waals surface area contributed by atoms with Gasteiger partial charge in [-0.3, -0.25) is 9.69 Å². The molecule has 6 nitrogen and oxygen atoms in total. The second kappa shape index (κ2) is 6.20. The normalized spacial score (nSPS) is 16.7. The fourth-order valence-electron chi connectivity index (χ4n) is 3.49. The Hall–Kier alpha value is -2.47. The van der Waals surface area contributed by atoms with Crippen molar-refractivity contribution < 1.29 is 0 Å². The van der Waals surface area contributed by atoms with Crippen LogP contribution in [0.15, 0.2) is 35.1 Å². The fourth-order valence-corrected chi connectivity index (χ4v) is 3.49. The summed E-state index contributed by atoms with van der Waals surface area (Å²) in [6.45, 7) is 4.66. The number of nitrogens with zero attached hydrogens (tertiary/aromatic N) is 3. The summed E-state index contributed by atoms with van der Waals surface area (Å²) in [6, 6.07) is 9.76. The SMILES string of the molecule is Cc1nc(C2CCN(Cc3nc4ccccc4[nH]3)CC2)cc(=O)[nH]1. The number of aryl methyl sites for hydroxylation is 1. The predicted octanol–water partition coefficient (Wildman–Crippen LogP) is 2.33. The quantitative estimate of drug-likeness (QED) is 0.775. The number of hydrogen-bond acceptors (Lipinski definition) is 4. The summed E-state index contributed by atoms with van der Waals surface area (Å²) in [5.41, 5.74) is 2.98. The fraction of sp³-hybridized carbons (Fsp3) is 0.389.